The number of carbonyl (C=O) groups is 2. The molecular formula is C16H18N2O3S. The van der Waals surface area contributed by atoms with Gasteiger partial charge in [-0.05, 0) is 18.4 Å². The van der Waals surface area contributed by atoms with E-state index in [2.05, 4.69) is 10.3 Å². The second-order valence-electron chi connectivity index (χ2n) is 4.92. The van der Waals surface area contributed by atoms with Gasteiger partial charge in [0.1, 0.15) is 10.9 Å². The van der Waals surface area contributed by atoms with Crippen LogP contribution in [0.4, 0.5) is 0 Å². The predicted molar refractivity (Wildman–Crippen MR) is 85.1 cm³/mol. The number of benzene rings is 1. The van der Waals surface area contributed by atoms with E-state index in [4.69, 9.17) is 0 Å². The van der Waals surface area contributed by atoms with E-state index in [0.29, 0.717) is 4.88 Å². The van der Waals surface area contributed by atoms with Crippen molar-refractivity contribution >= 4 is 23.2 Å². The number of aliphatic carboxylic acids is 1. The van der Waals surface area contributed by atoms with Crippen LogP contribution in [0.5, 0.6) is 0 Å². The Bertz CT molecular complexity index is 640. The third-order valence-electron chi connectivity index (χ3n) is 3.13. The fourth-order valence-corrected chi connectivity index (χ4v) is 2.95. The van der Waals surface area contributed by atoms with E-state index < -0.39 is 12.0 Å². The Morgan fingerprint density at radius 2 is 2.05 bits per heavy atom. The molecule has 2 N–H and O–H groups in total. The topological polar surface area (TPSA) is 79.3 Å². The molecule has 0 radical (unpaired) electrons. The van der Waals surface area contributed by atoms with Gasteiger partial charge in [-0.1, -0.05) is 37.3 Å². The van der Waals surface area contributed by atoms with Crippen LogP contribution in [0.15, 0.2) is 36.5 Å². The van der Waals surface area contributed by atoms with Crippen molar-refractivity contribution in [3.05, 3.63) is 52.0 Å². The molecular weight excluding hydrogens is 300 g/mol. The van der Waals surface area contributed by atoms with Gasteiger partial charge in [-0.25, -0.2) is 9.78 Å². The van der Waals surface area contributed by atoms with Crippen molar-refractivity contribution in [2.45, 2.75) is 32.2 Å². The SMILES string of the molecule is CCCc1ncc(C(=O)NC(Cc2ccccc2)C(=O)O)s1. The number of carboxylic acid groups (broad SMARTS) is 1. The Balaban J connectivity index is 2.03. The lowest BCUT2D eigenvalue weighted by molar-refractivity contribution is -0.139. The normalized spacial score (nSPS) is 11.9. The summed E-state index contributed by atoms with van der Waals surface area (Å²) in [5, 5.41) is 12.8. The van der Waals surface area contributed by atoms with Crippen LogP contribution < -0.4 is 5.32 Å². The highest BCUT2D eigenvalue weighted by molar-refractivity contribution is 7.13. The smallest absolute Gasteiger partial charge is 0.326 e. The molecule has 1 unspecified atom stereocenters. The van der Waals surface area contributed by atoms with E-state index in [1.165, 1.54) is 17.5 Å². The minimum absolute atomic E-state index is 0.253. The van der Waals surface area contributed by atoms with Crippen molar-refractivity contribution in [1.82, 2.24) is 10.3 Å². The molecule has 116 valence electrons. The lowest BCUT2D eigenvalue weighted by Crippen LogP contribution is -2.42. The van der Waals surface area contributed by atoms with Gasteiger partial charge in [-0.15, -0.1) is 11.3 Å². The number of amides is 1. The van der Waals surface area contributed by atoms with Crippen LogP contribution in [-0.4, -0.2) is 28.0 Å². The zero-order valence-corrected chi connectivity index (χ0v) is 13.1. The highest BCUT2D eigenvalue weighted by Gasteiger charge is 2.22. The maximum atomic E-state index is 12.2. The number of carbonyl (C=O) groups excluding carboxylic acids is 1. The van der Waals surface area contributed by atoms with Gasteiger partial charge in [-0.3, -0.25) is 4.79 Å². The van der Waals surface area contributed by atoms with Crippen molar-refractivity contribution in [3.63, 3.8) is 0 Å². The van der Waals surface area contributed by atoms with E-state index in [1.54, 1.807) is 0 Å². The van der Waals surface area contributed by atoms with Crippen LogP contribution >= 0.6 is 11.3 Å². The molecule has 0 fully saturated rings. The molecule has 2 aromatic rings. The van der Waals surface area contributed by atoms with Crippen LogP contribution in [-0.2, 0) is 17.6 Å². The molecule has 0 aliphatic carbocycles. The molecule has 1 aromatic carbocycles. The Labute approximate surface area is 133 Å². The minimum Gasteiger partial charge on any atom is -0.480 e. The first-order valence-electron chi connectivity index (χ1n) is 7.12. The fourth-order valence-electron chi connectivity index (χ4n) is 2.02. The van der Waals surface area contributed by atoms with Gasteiger partial charge >= 0.3 is 5.97 Å². The van der Waals surface area contributed by atoms with E-state index in [1.807, 2.05) is 37.3 Å². The first kappa shape index (κ1) is 16.2. The number of hydrogen-bond acceptors (Lipinski definition) is 4. The highest BCUT2D eigenvalue weighted by atomic mass is 32.1. The zero-order valence-electron chi connectivity index (χ0n) is 12.3. The van der Waals surface area contributed by atoms with E-state index >= 15 is 0 Å². The van der Waals surface area contributed by atoms with Gasteiger partial charge in [0, 0.05) is 6.42 Å². The first-order valence-corrected chi connectivity index (χ1v) is 7.94. The van der Waals surface area contributed by atoms with Crippen molar-refractivity contribution in [1.29, 1.82) is 0 Å². The summed E-state index contributed by atoms with van der Waals surface area (Å²) in [6.07, 6.45) is 3.54. The number of aryl methyl sites for hydroxylation is 1. The molecule has 1 atom stereocenters. The van der Waals surface area contributed by atoms with Crippen LogP contribution in [0.1, 0.15) is 33.6 Å². The van der Waals surface area contributed by atoms with Gasteiger partial charge in [-0.2, -0.15) is 0 Å². The predicted octanol–water partition coefficient (Wildman–Crippen LogP) is 2.52. The second-order valence-corrected chi connectivity index (χ2v) is 6.04. The molecule has 0 aliphatic rings. The van der Waals surface area contributed by atoms with Gasteiger partial charge in [0.05, 0.1) is 11.2 Å². The molecule has 0 saturated heterocycles. The molecule has 0 saturated carbocycles. The van der Waals surface area contributed by atoms with Gasteiger partial charge in [0.2, 0.25) is 0 Å². The standard InChI is InChI=1S/C16H18N2O3S/c1-2-6-14-17-10-13(22-14)15(19)18-12(16(20)21)9-11-7-4-3-5-8-11/h3-5,7-8,10,12H,2,6,9H2,1H3,(H,18,19)(H,20,21). The maximum absolute atomic E-state index is 12.2. The monoisotopic (exact) mass is 318 g/mol. The molecule has 6 heteroatoms. The molecule has 1 amide bonds. The number of carboxylic acids is 1. The third-order valence-corrected chi connectivity index (χ3v) is 4.18. The summed E-state index contributed by atoms with van der Waals surface area (Å²) in [6.45, 7) is 2.04. The highest BCUT2D eigenvalue weighted by Crippen LogP contribution is 2.15. The largest absolute Gasteiger partial charge is 0.480 e. The molecule has 0 spiro atoms. The van der Waals surface area contributed by atoms with Gasteiger partial charge < -0.3 is 10.4 Å². The fraction of sp³-hybridized carbons (Fsp3) is 0.312. The van der Waals surface area contributed by atoms with Crippen molar-refractivity contribution in [2.24, 2.45) is 0 Å². The number of thiazole rings is 1. The average Bonchev–Trinajstić information content (AvgIpc) is 2.96. The molecule has 0 aliphatic heterocycles. The lowest BCUT2D eigenvalue weighted by atomic mass is 10.1. The summed E-state index contributed by atoms with van der Waals surface area (Å²) >= 11 is 1.31. The number of nitrogens with zero attached hydrogens (tertiary/aromatic N) is 1. The lowest BCUT2D eigenvalue weighted by Gasteiger charge is -2.13. The molecule has 2 rings (SSSR count). The second kappa shape index (κ2) is 7.70. The summed E-state index contributed by atoms with van der Waals surface area (Å²) in [6, 6.07) is 8.28. The Morgan fingerprint density at radius 3 is 2.68 bits per heavy atom. The summed E-state index contributed by atoms with van der Waals surface area (Å²) in [4.78, 5) is 28.1. The number of hydrogen-bond donors (Lipinski definition) is 2. The number of nitrogens with one attached hydrogen (secondary N) is 1. The minimum atomic E-state index is -1.05. The van der Waals surface area contributed by atoms with Crippen molar-refractivity contribution < 1.29 is 14.7 Å². The maximum Gasteiger partial charge on any atom is 0.326 e. The Kier molecular flexibility index (Phi) is 5.66. The van der Waals surface area contributed by atoms with Crippen LogP contribution in [0.3, 0.4) is 0 Å². The average molecular weight is 318 g/mol. The summed E-state index contributed by atoms with van der Waals surface area (Å²) in [5.41, 5.74) is 0.867. The van der Waals surface area contributed by atoms with Gasteiger partial charge in [0.25, 0.3) is 5.91 Å². The summed E-state index contributed by atoms with van der Waals surface area (Å²) in [7, 11) is 0. The van der Waals surface area contributed by atoms with Crippen LogP contribution in [0, 0.1) is 0 Å². The molecule has 22 heavy (non-hydrogen) atoms. The number of aromatic nitrogens is 1. The third kappa shape index (κ3) is 4.39. The first-order chi connectivity index (χ1) is 10.6. The van der Waals surface area contributed by atoms with Crippen LogP contribution in [0.25, 0.3) is 0 Å². The van der Waals surface area contributed by atoms with Crippen molar-refractivity contribution in [3.8, 4) is 0 Å². The summed E-state index contributed by atoms with van der Waals surface area (Å²) < 4.78 is 0. The van der Waals surface area contributed by atoms with E-state index in [-0.39, 0.29) is 12.3 Å². The quantitative estimate of drug-likeness (QED) is 0.822. The van der Waals surface area contributed by atoms with Crippen LogP contribution in [0.2, 0.25) is 0 Å². The van der Waals surface area contributed by atoms with Gasteiger partial charge in [0.15, 0.2) is 0 Å². The van der Waals surface area contributed by atoms with E-state index in [9.17, 15) is 14.7 Å². The Hall–Kier alpha value is -2.21. The molecule has 1 heterocycles. The molecule has 1 aromatic heterocycles. The molecule has 5 nitrogen and oxygen atoms in total. The Morgan fingerprint density at radius 1 is 1.32 bits per heavy atom. The van der Waals surface area contributed by atoms with Crippen molar-refractivity contribution in [2.75, 3.05) is 0 Å². The summed E-state index contributed by atoms with van der Waals surface area (Å²) in [5.74, 6) is -1.43. The molecule has 0 bridgehead atoms. The zero-order chi connectivity index (χ0) is 15.9. The van der Waals surface area contributed by atoms with E-state index in [0.717, 1.165) is 23.4 Å². The number of rotatable bonds is 7.